The smallest absolute Gasteiger partial charge is 0.142 e. The van der Waals surface area contributed by atoms with Crippen LogP contribution in [0.25, 0.3) is 0 Å². The van der Waals surface area contributed by atoms with Gasteiger partial charge in [-0.25, -0.2) is 0 Å². The molecule has 4 heteroatoms. The molecule has 3 nitrogen and oxygen atoms in total. The zero-order valence-electron chi connectivity index (χ0n) is 10.8. The van der Waals surface area contributed by atoms with E-state index in [1.54, 1.807) is 7.11 Å². The van der Waals surface area contributed by atoms with Gasteiger partial charge in [0.15, 0.2) is 0 Å². The lowest BCUT2D eigenvalue weighted by Crippen LogP contribution is -2.31. The van der Waals surface area contributed by atoms with Gasteiger partial charge in [0.05, 0.1) is 12.8 Å². The van der Waals surface area contributed by atoms with Crippen LogP contribution >= 0.6 is 11.6 Å². The van der Waals surface area contributed by atoms with Crippen LogP contribution in [-0.4, -0.2) is 19.7 Å². The minimum Gasteiger partial charge on any atom is -0.495 e. The summed E-state index contributed by atoms with van der Waals surface area (Å²) in [5.41, 5.74) is 6.96. The number of benzene rings is 1. The van der Waals surface area contributed by atoms with Crippen molar-refractivity contribution in [3.8, 4) is 5.75 Å². The Balaban J connectivity index is 1.94. The van der Waals surface area contributed by atoms with Crippen molar-refractivity contribution in [1.29, 1.82) is 0 Å². The summed E-state index contributed by atoms with van der Waals surface area (Å²) in [6.07, 6.45) is 4.76. The van der Waals surface area contributed by atoms with E-state index in [0.717, 1.165) is 35.8 Å². The Morgan fingerprint density at radius 1 is 1.44 bits per heavy atom. The van der Waals surface area contributed by atoms with Crippen LogP contribution in [-0.2, 0) is 0 Å². The number of hydrogen-bond donors (Lipinski definition) is 2. The van der Waals surface area contributed by atoms with Crippen molar-refractivity contribution < 1.29 is 4.74 Å². The van der Waals surface area contributed by atoms with Crippen LogP contribution < -0.4 is 15.8 Å². The molecule has 2 unspecified atom stereocenters. The lowest BCUT2D eigenvalue weighted by molar-refractivity contribution is 0.334. The van der Waals surface area contributed by atoms with E-state index in [0.29, 0.717) is 12.0 Å². The summed E-state index contributed by atoms with van der Waals surface area (Å²) in [5.74, 6) is 1.48. The Bertz CT molecular complexity index is 397. The number of ether oxygens (including phenoxy) is 1. The van der Waals surface area contributed by atoms with Crippen LogP contribution in [0.1, 0.15) is 25.7 Å². The first-order valence-corrected chi connectivity index (χ1v) is 6.90. The molecule has 0 heterocycles. The van der Waals surface area contributed by atoms with Crippen molar-refractivity contribution in [2.75, 3.05) is 19.0 Å². The van der Waals surface area contributed by atoms with Gasteiger partial charge in [0.25, 0.3) is 0 Å². The summed E-state index contributed by atoms with van der Waals surface area (Å²) >= 11 is 6.00. The molecule has 0 spiro atoms. The molecule has 1 aromatic rings. The monoisotopic (exact) mass is 268 g/mol. The molecule has 0 amide bonds. The van der Waals surface area contributed by atoms with Crippen LogP contribution in [0, 0.1) is 5.92 Å². The Labute approximate surface area is 114 Å². The predicted octanol–water partition coefficient (Wildman–Crippen LogP) is 3.28. The second-order valence-electron chi connectivity index (χ2n) is 5.02. The first kappa shape index (κ1) is 13.5. The number of rotatable bonds is 4. The lowest BCUT2D eigenvalue weighted by atomic mass is 9.86. The van der Waals surface area contributed by atoms with Crippen molar-refractivity contribution in [3.05, 3.63) is 23.2 Å². The maximum Gasteiger partial charge on any atom is 0.142 e. The van der Waals surface area contributed by atoms with Gasteiger partial charge in [-0.3, -0.25) is 0 Å². The highest BCUT2D eigenvalue weighted by atomic mass is 35.5. The van der Waals surface area contributed by atoms with Crippen molar-refractivity contribution in [1.82, 2.24) is 0 Å². The molecule has 1 aromatic carbocycles. The fourth-order valence-corrected chi connectivity index (χ4v) is 2.76. The number of hydrogen-bond acceptors (Lipinski definition) is 3. The standard InChI is InChI=1S/C14H21ClN2O/c1-18-14-6-5-11(15)8-13(14)17-9-10-3-2-4-12(16)7-10/h5-6,8,10,12,17H,2-4,7,9,16H2,1H3. The third-order valence-corrected chi connectivity index (χ3v) is 3.80. The molecule has 0 saturated heterocycles. The van der Waals surface area contributed by atoms with E-state index in [9.17, 15) is 0 Å². The van der Waals surface area contributed by atoms with Crippen molar-refractivity contribution in [3.63, 3.8) is 0 Å². The highest BCUT2D eigenvalue weighted by Crippen LogP contribution is 2.29. The number of anilines is 1. The fourth-order valence-electron chi connectivity index (χ4n) is 2.59. The number of halogens is 1. The summed E-state index contributed by atoms with van der Waals surface area (Å²) in [7, 11) is 1.67. The molecule has 3 N–H and O–H groups in total. The number of methoxy groups -OCH3 is 1. The third kappa shape index (κ3) is 3.53. The molecule has 18 heavy (non-hydrogen) atoms. The van der Waals surface area contributed by atoms with Crippen molar-refractivity contribution in [2.24, 2.45) is 11.7 Å². The quantitative estimate of drug-likeness (QED) is 0.881. The molecule has 0 bridgehead atoms. The second kappa shape index (κ2) is 6.30. The van der Waals surface area contributed by atoms with Crippen molar-refractivity contribution >= 4 is 17.3 Å². The summed E-state index contributed by atoms with van der Waals surface area (Å²) in [6.45, 7) is 0.935. The molecule has 2 rings (SSSR count). The topological polar surface area (TPSA) is 47.3 Å². The van der Waals surface area contributed by atoms with E-state index in [-0.39, 0.29) is 0 Å². The van der Waals surface area contributed by atoms with Crippen LogP contribution in [0.4, 0.5) is 5.69 Å². The highest BCUT2D eigenvalue weighted by molar-refractivity contribution is 6.30. The molecule has 0 radical (unpaired) electrons. The van der Waals surface area contributed by atoms with Gasteiger partial charge in [0, 0.05) is 17.6 Å². The average Bonchev–Trinajstić information content (AvgIpc) is 2.37. The number of nitrogens with one attached hydrogen (secondary N) is 1. The Morgan fingerprint density at radius 2 is 2.28 bits per heavy atom. The van der Waals surface area contributed by atoms with Crippen LogP contribution in [0.5, 0.6) is 5.75 Å². The molecule has 1 saturated carbocycles. The van der Waals surface area contributed by atoms with Crippen LogP contribution in [0.15, 0.2) is 18.2 Å². The average molecular weight is 269 g/mol. The van der Waals surface area contributed by atoms with Crippen LogP contribution in [0.2, 0.25) is 5.02 Å². The first-order chi connectivity index (χ1) is 8.69. The Morgan fingerprint density at radius 3 is 3.00 bits per heavy atom. The van der Waals surface area contributed by atoms with Gasteiger partial charge in [0.1, 0.15) is 5.75 Å². The number of nitrogens with two attached hydrogens (primary N) is 1. The maximum absolute atomic E-state index is 6.00. The van der Waals surface area contributed by atoms with E-state index in [1.807, 2.05) is 18.2 Å². The molecule has 0 aliphatic heterocycles. The SMILES string of the molecule is COc1ccc(Cl)cc1NCC1CCCC(N)C1. The normalized spacial score (nSPS) is 23.7. The zero-order chi connectivity index (χ0) is 13.0. The van der Waals surface area contributed by atoms with Gasteiger partial charge < -0.3 is 15.8 Å². The van der Waals surface area contributed by atoms with Crippen molar-refractivity contribution in [2.45, 2.75) is 31.7 Å². The lowest BCUT2D eigenvalue weighted by Gasteiger charge is -2.27. The zero-order valence-corrected chi connectivity index (χ0v) is 11.5. The molecule has 2 atom stereocenters. The van der Waals surface area contributed by atoms with Gasteiger partial charge in [-0.05, 0) is 43.4 Å². The summed E-state index contributed by atoms with van der Waals surface area (Å²) in [4.78, 5) is 0. The Hall–Kier alpha value is -0.930. The molecule has 1 aliphatic carbocycles. The second-order valence-corrected chi connectivity index (χ2v) is 5.45. The molecule has 1 aliphatic rings. The van der Waals surface area contributed by atoms with E-state index in [4.69, 9.17) is 22.1 Å². The van der Waals surface area contributed by atoms with Gasteiger partial charge >= 0.3 is 0 Å². The molecular weight excluding hydrogens is 248 g/mol. The molecular formula is C14H21ClN2O. The highest BCUT2D eigenvalue weighted by Gasteiger charge is 2.19. The van der Waals surface area contributed by atoms with Gasteiger partial charge in [0.2, 0.25) is 0 Å². The first-order valence-electron chi connectivity index (χ1n) is 6.52. The maximum atomic E-state index is 6.00. The van der Waals surface area contributed by atoms with E-state index < -0.39 is 0 Å². The largest absolute Gasteiger partial charge is 0.495 e. The summed E-state index contributed by atoms with van der Waals surface area (Å²) < 4.78 is 5.32. The minimum absolute atomic E-state index is 0.367. The summed E-state index contributed by atoms with van der Waals surface area (Å²) in [6, 6.07) is 5.99. The molecule has 100 valence electrons. The fraction of sp³-hybridized carbons (Fsp3) is 0.571. The Kier molecular flexibility index (Phi) is 4.72. The third-order valence-electron chi connectivity index (χ3n) is 3.57. The minimum atomic E-state index is 0.367. The van der Waals surface area contributed by atoms with E-state index in [2.05, 4.69) is 5.32 Å². The molecule has 1 fully saturated rings. The van der Waals surface area contributed by atoms with Gasteiger partial charge in [-0.1, -0.05) is 18.0 Å². The van der Waals surface area contributed by atoms with Crippen LogP contribution in [0.3, 0.4) is 0 Å². The summed E-state index contributed by atoms with van der Waals surface area (Å²) in [5, 5.41) is 4.15. The van der Waals surface area contributed by atoms with E-state index >= 15 is 0 Å². The van der Waals surface area contributed by atoms with Gasteiger partial charge in [-0.15, -0.1) is 0 Å². The predicted molar refractivity (Wildman–Crippen MR) is 76.4 cm³/mol. The van der Waals surface area contributed by atoms with E-state index in [1.165, 1.54) is 12.8 Å². The molecule has 0 aromatic heterocycles. The van der Waals surface area contributed by atoms with Gasteiger partial charge in [-0.2, -0.15) is 0 Å².